The molecular weight excluding hydrogens is 558 g/mol. The van der Waals surface area contributed by atoms with E-state index >= 15 is 0 Å². The summed E-state index contributed by atoms with van der Waals surface area (Å²) >= 11 is 0. The maximum atomic E-state index is 14.5. The van der Waals surface area contributed by atoms with Crippen molar-refractivity contribution in [3.63, 3.8) is 0 Å². The maximum Gasteiger partial charge on any atom is 0.247 e. The number of carbonyl (C=O) groups excluding carboxylic acids is 4. The van der Waals surface area contributed by atoms with Crippen molar-refractivity contribution in [3.05, 3.63) is 90.5 Å². The molecule has 0 bridgehead atoms. The third-order valence-electron chi connectivity index (χ3n) is 8.82. The Balaban J connectivity index is 1.44. The largest absolute Gasteiger partial charge is 0.343 e. The summed E-state index contributed by atoms with van der Waals surface area (Å²) in [6.45, 7) is 2.87. The molecular formula is C33H41N7O4. The molecule has 3 N–H and O–H groups in total. The standard InChI is InChI=1S/C33H41N7O4/c1-24(34-2)30(42)39-20-16-33(32(44)37-29(25-10-5-3-6-11-25)26-12-7-4-8-13-26)15-9-18-40(33)31(43)27(22-39)36-28(41)14-19-38-21-17-35-23-38/h3-8,10-13,17,21,23-24,27,29,34H,9,14-16,18-20,22H2,1-2H3,(H,36,41)(H,37,44)/t24-,27+,33+/m1/s1. The van der Waals surface area contributed by atoms with Gasteiger partial charge in [0.1, 0.15) is 11.6 Å². The van der Waals surface area contributed by atoms with Crippen LogP contribution >= 0.6 is 0 Å². The van der Waals surface area contributed by atoms with E-state index < -0.39 is 23.7 Å². The first-order valence-electron chi connectivity index (χ1n) is 15.3. The summed E-state index contributed by atoms with van der Waals surface area (Å²) in [5, 5.41) is 9.15. The van der Waals surface area contributed by atoms with E-state index in [1.165, 1.54) is 0 Å². The molecule has 0 saturated carbocycles. The number of amides is 4. The number of nitrogens with one attached hydrogen (secondary N) is 3. The number of carbonyl (C=O) groups is 4. The highest BCUT2D eigenvalue weighted by molar-refractivity contribution is 5.96. The first-order chi connectivity index (χ1) is 21.3. The van der Waals surface area contributed by atoms with Crippen LogP contribution in [0, 0.1) is 0 Å². The van der Waals surface area contributed by atoms with E-state index in [4.69, 9.17) is 0 Å². The molecule has 5 rings (SSSR count). The Labute approximate surface area is 258 Å². The molecule has 11 heteroatoms. The van der Waals surface area contributed by atoms with Crippen molar-refractivity contribution in [2.75, 3.05) is 26.7 Å². The zero-order chi connectivity index (χ0) is 31.1. The molecule has 2 aromatic carbocycles. The lowest BCUT2D eigenvalue weighted by Gasteiger charge is -2.44. The van der Waals surface area contributed by atoms with Crippen molar-refractivity contribution in [1.29, 1.82) is 0 Å². The Morgan fingerprint density at radius 1 is 1.00 bits per heavy atom. The minimum Gasteiger partial charge on any atom is -0.343 e. The SMILES string of the molecule is CN[C@H](C)C(=O)N1CC[C@]2(C(=O)NC(c3ccccc3)c3ccccc3)CCCN2C(=O)[C@@H](NC(=O)CCn2ccnc2)C1. The summed E-state index contributed by atoms with van der Waals surface area (Å²) in [4.78, 5) is 62.5. The molecule has 2 aliphatic rings. The second kappa shape index (κ2) is 13.9. The van der Waals surface area contributed by atoms with Gasteiger partial charge >= 0.3 is 0 Å². The van der Waals surface area contributed by atoms with Crippen LogP contribution in [0.25, 0.3) is 0 Å². The van der Waals surface area contributed by atoms with Crippen molar-refractivity contribution in [3.8, 4) is 0 Å². The van der Waals surface area contributed by atoms with E-state index in [1.807, 2.05) is 60.7 Å². The molecule has 1 aromatic heterocycles. The van der Waals surface area contributed by atoms with Crippen molar-refractivity contribution in [2.24, 2.45) is 0 Å². The number of nitrogens with zero attached hydrogens (tertiary/aromatic N) is 4. The molecule has 3 aromatic rings. The van der Waals surface area contributed by atoms with Gasteiger partial charge in [-0.25, -0.2) is 4.98 Å². The van der Waals surface area contributed by atoms with Crippen molar-refractivity contribution < 1.29 is 19.2 Å². The summed E-state index contributed by atoms with van der Waals surface area (Å²) in [6.07, 6.45) is 6.58. The quantitative estimate of drug-likeness (QED) is 0.327. The lowest BCUT2D eigenvalue weighted by Crippen LogP contribution is -2.66. The third-order valence-corrected chi connectivity index (χ3v) is 8.82. The Kier molecular flexibility index (Phi) is 9.74. The molecule has 4 amide bonds. The number of likely N-dealkylation sites (N-methyl/N-ethyl adjacent to an activating group) is 1. The summed E-state index contributed by atoms with van der Waals surface area (Å²) < 4.78 is 1.79. The van der Waals surface area contributed by atoms with Gasteiger partial charge in [0.25, 0.3) is 0 Å². The van der Waals surface area contributed by atoms with Gasteiger partial charge in [0.15, 0.2) is 0 Å². The van der Waals surface area contributed by atoms with E-state index in [0.717, 1.165) is 11.1 Å². The van der Waals surface area contributed by atoms with Gasteiger partial charge in [0.2, 0.25) is 23.6 Å². The minimum absolute atomic E-state index is 0.0331. The molecule has 2 saturated heterocycles. The number of aryl methyl sites for hydroxylation is 1. The topological polar surface area (TPSA) is 129 Å². The van der Waals surface area contributed by atoms with Gasteiger partial charge in [-0.2, -0.15) is 0 Å². The predicted molar refractivity (Wildman–Crippen MR) is 165 cm³/mol. The fraction of sp³-hybridized carbons (Fsp3) is 0.424. The average molecular weight is 600 g/mol. The zero-order valence-electron chi connectivity index (χ0n) is 25.3. The number of imidazole rings is 1. The van der Waals surface area contributed by atoms with Crippen molar-refractivity contribution in [1.82, 2.24) is 35.3 Å². The molecule has 2 fully saturated rings. The van der Waals surface area contributed by atoms with Crippen LogP contribution in [0.5, 0.6) is 0 Å². The highest BCUT2D eigenvalue weighted by Crippen LogP contribution is 2.36. The number of benzene rings is 2. The van der Waals surface area contributed by atoms with Gasteiger partial charge in [0, 0.05) is 45.0 Å². The first kappa shape index (κ1) is 30.9. The average Bonchev–Trinajstić information content (AvgIpc) is 3.74. The number of fused-ring (bicyclic) bond motifs is 1. The molecule has 11 nitrogen and oxygen atoms in total. The zero-order valence-corrected chi connectivity index (χ0v) is 25.3. The third kappa shape index (κ3) is 6.67. The molecule has 232 valence electrons. The molecule has 0 aliphatic carbocycles. The Morgan fingerprint density at radius 3 is 2.30 bits per heavy atom. The lowest BCUT2D eigenvalue weighted by molar-refractivity contribution is -0.152. The van der Waals surface area contributed by atoms with E-state index in [9.17, 15) is 19.2 Å². The molecule has 0 radical (unpaired) electrons. The maximum absolute atomic E-state index is 14.5. The fourth-order valence-corrected chi connectivity index (χ4v) is 6.24. The van der Waals surface area contributed by atoms with Crippen LogP contribution in [0.1, 0.15) is 49.8 Å². The van der Waals surface area contributed by atoms with Gasteiger partial charge in [-0.15, -0.1) is 0 Å². The Bertz CT molecular complexity index is 1390. The first-order valence-corrected chi connectivity index (χ1v) is 15.3. The fourth-order valence-electron chi connectivity index (χ4n) is 6.24. The van der Waals surface area contributed by atoms with Crippen LogP contribution < -0.4 is 16.0 Å². The van der Waals surface area contributed by atoms with E-state index in [1.54, 1.807) is 47.1 Å². The van der Waals surface area contributed by atoms with Crippen molar-refractivity contribution in [2.45, 2.75) is 62.8 Å². The molecule has 0 unspecified atom stereocenters. The van der Waals surface area contributed by atoms with Gasteiger partial charge < -0.3 is 30.3 Å². The number of aromatic nitrogens is 2. The number of hydrogen-bond donors (Lipinski definition) is 3. The van der Waals surface area contributed by atoms with Gasteiger partial charge in [0.05, 0.1) is 18.4 Å². The van der Waals surface area contributed by atoms with Gasteiger partial charge in [-0.3, -0.25) is 19.2 Å². The van der Waals surface area contributed by atoms with Crippen LogP contribution in [-0.4, -0.2) is 87.3 Å². The Morgan fingerprint density at radius 2 is 1.68 bits per heavy atom. The molecule has 0 spiro atoms. The van der Waals surface area contributed by atoms with Gasteiger partial charge in [-0.05, 0) is 44.4 Å². The van der Waals surface area contributed by atoms with E-state index in [-0.39, 0.29) is 43.1 Å². The smallest absolute Gasteiger partial charge is 0.247 e. The van der Waals surface area contributed by atoms with Crippen LogP contribution in [0.4, 0.5) is 0 Å². The van der Waals surface area contributed by atoms with E-state index in [0.29, 0.717) is 32.4 Å². The van der Waals surface area contributed by atoms with E-state index in [2.05, 4.69) is 20.9 Å². The molecule has 44 heavy (non-hydrogen) atoms. The normalized spacial score (nSPS) is 20.9. The predicted octanol–water partition coefficient (Wildman–Crippen LogP) is 1.87. The minimum atomic E-state index is -1.17. The molecule has 3 heterocycles. The summed E-state index contributed by atoms with van der Waals surface area (Å²) in [5.74, 6) is -1.11. The monoisotopic (exact) mass is 599 g/mol. The van der Waals surface area contributed by atoms with Gasteiger partial charge in [-0.1, -0.05) is 60.7 Å². The highest BCUT2D eigenvalue weighted by Gasteiger charge is 2.53. The second-order valence-electron chi connectivity index (χ2n) is 11.6. The summed E-state index contributed by atoms with van der Waals surface area (Å²) in [7, 11) is 1.70. The summed E-state index contributed by atoms with van der Waals surface area (Å²) in [6, 6.07) is 17.6. The lowest BCUT2D eigenvalue weighted by atomic mass is 9.87. The van der Waals surface area contributed by atoms with Crippen LogP contribution in [-0.2, 0) is 25.7 Å². The number of rotatable bonds is 10. The van der Waals surface area contributed by atoms with Crippen molar-refractivity contribution >= 4 is 23.6 Å². The molecule has 3 atom stereocenters. The summed E-state index contributed by atoms with van der Waals surface area (Å²) in [5.41, 5.74) is 0.682. The van der Waals surface area contributed by atoms with Crippen LogP contribution in [0.2, 0.25) is 0 Å². The molecule has 2 aliphatic heterocycles. The Hall–Kier alpha value is -4.51. The second-order valence-corrected chi connectivity index (χ2v) is 11.6. The number of hydrogen-bond acceptors (Lipinski definition) is 6. The van der Waals surface area contributed by atoms with Crippen LogP contribution in [0.3, 0.4) is 0 Å². The van der Waals surface area contributed by atoms with Crippen LogP contribution in [0.15, 0.2) is 79.4 Å². The highest BCUT2D eigenvalue weighted by atomic mass is 16.2.